The number of halogens is 2. The molecule has 0 radical (unpaired) electrons. The summed E-state index contributed by atoms with van der Waals surface area (Å²) in [6.45, 7) is 0.458. The fourth-order valence-corrected chi connectivity index (χ4v) is 5.51. The molecule has 0 spiro atoms. The third-order valence-corrected chi connectivity index (χ3v) is 7.38. The Labute approximate surface area is 248 Å². The predicted octanol–water partition coefficient (Wildman–Crippen LogP) is 5.35. The lowest BCUT2D eigenvalue weighted by atomic mass is 9.92. The number of rotatable bonds is 13. The largest absolute Gasteiger partial charge is 0.493 e. The molecule has 0 amide bonds. The second kappa shape index (κ2) is 15.6. The Morgan fingerprint density at radius 1 is 1.15 bits per heavy atom. The van der Waals surface area contributed by atoms with Crippen molar-refractivity contribution in [2.24, 2.45) is 0 Å². The molecular formula is C27H31Br2N3O8. The van der Waals surface area contributed by atoms with Crippen LogP contribution in [0.3, 0.4) is 0 Å². The lowest BCUT2D eigenvalue weighted by Crippen LogP contribution is -2.35. The summed E-state index contributed by atoms with van der Waals surface area (Å²) in [6.07, 6.45) is 6.19. The molecule has 0 heterocycles. The third kappa shape index (κ3) is 10.1. The van der Waals surface area contributed by atoms with Crippen molar-refractivity contribution in [3.8, 4) is 11.5 Å². The zero-order valence-electron chi connectivity index (χ0n) is 21.9. The van der Waals surface area contributed by atoms with Crippen LogP contribution in [-0.4, -0.2) is 42.9 Å². The van der Waals surface area contributed by atoms with E-state index in [0.717, 1.165) is 45.9 Å². The second-order valence-corrected chi connectivity index (χ2v) is 10.9. The van der Waals surface area contributed by atoms with Gasteiger partial charge in [-0.2, -0.15) is 0 Å². The Morgan fingerprint density at radius 3 is 2.60 bits per heavy atom. The quantitative estimate of drug-likeness (QED) is 0.0537. The van der Waals surface area contributed by atoms with E-state index in [9.17, 15) is 19.7 Å². The topological polar surface area (TPSA) is 152 Å². The Morgan fingerprint density at radius 2 is 1.90 bits per heavy atom. The summed E-state index contributed by atoms with van der Waals surface area (Å²) in [6, 6.07) is 9.07. The van der Waals surface area contributed by atoms with Gasteiger partial charge in [0.25, 0.3) is 5.09 Å². The lowest BCUT2D eigenvalue weighted by Gasteiger charge is -2.29. The van der Waals surface area contributed by atoms with Gasteiger partial charge in [-0.25, -0.2) is 4.79 Å². The summed E-state index contributed by atoms with van der Waals surface area (Å²) < 4.78 is 18.0. The molecule has 0 bridgehead atoms. The lowest BCUT2D eigenvalue weighted by molar-refractivity contribution is -0.757. The number of nitrogen functional groups attached to an aromatic ring is 1. The fraction of sp³-hybridized carbons (Fsp3) is 0.407. The first-order chi connectivity index (χ1) is 19.1. The minimum absolute atomic E-state index is 0.0555. The van der Waals surface area contributed by atoms with Crippen molar-refractivity contribution in [1.29, 1.82) is 0 Å². The molecule has 1 aliphatic rings. The normalized spacial score (nSPS) is 16.9. The number of ether oxygens (including phenoxy) is 3. The third-order valence-electron chi connectivity index (χ3n) is 6.26. The molecule has 13 heteroatoms. The number of nitrogens with zero attached hydrogens (tertiary/aromatic N) is 1. The molecule has 3 rings (SSSR count). The predicted molar refractivity (Wildman–Crippen MR) is 155 cm³/mol. The molecular weight excluding hydrogens is 654 g/mol. The molecule has 11 nitrogen and oxygen atoms in total. The smallest absolute Gasteiger partial charge is 0.331 e. The van der Waals surface area contributed by atoms with Crippen LogP contribution >= 0.6 is 31.9 Å². The molecule has 2 aromatic carbocycles. The van der Waals surface area contributed by atoms with E-state index in [1.807, 2.05) is 12.1 Å². The fourth-order valence-electron chi connectivity index (χ4n) is 4.19. The Bertz CT molecular complexity index is 1230. The van der Waals surface area contributed by atoms with Crippen molar-refractivity contribution < 1.29 is 33.7 Å². The van der Waals surface area contributed by atoms with Crippen LogP contribution in [0.5, 0.6) is 11.5 Å². The highest BCUT2D eigenvalue weighted by molar-refractivity contribution is 9.11. The van der Waals surface area contributed by atoms with Crippen LogP contribution in [0.1, 0.15) is 49.7 Å². The summed E-state index contributed by atoms with van der Waals surface area (Å²) in [5.74, 6) is -0.516. The maximum absolute atomic E-state index is 12.4. The minimum atomic E-state index is -0.914. The van der Waals surface area contributed by atoms with Gasteiger partial charge >= 0.3 is 11.9 Å². The maximum atomic E-state index is 12.4. The Balaban J connectivity index is 1.42. The van der Waals surface area contributed by atoms with Crippen LogP contribution in [-0.2, 0) is 25.7 Å². The van der Waals surface area contributed by atoms with E-state index in [-0.39, 0.29) is 31.3 Å². The Kier molecular flexibility index (Phi) is 12.2. The summed E-state index contributed by atoms with van der Waals surface area (Å²) in [5.41, 5.74) is 8.55. The summed E-state index contributed by atoms with van der Waals surface area (Å²) in [4.78, 5) is 38.7. The average molecular weight is 685 g/mol. The van der Waals surface area contributed by atoms with Crippen molar-refractivity contribution in [3.63, 3.8) is 0 Å². The number of carbonyl (C=O) groups excluding carboxylic acids is 2. The van der Waals surface area contributed by atoms with Crippen LogP contribution in [0.15, 0.2) is 45.4 Å². The summed E-state index contributed by atoms with van der Waals surface area (Å²) in [5, 5.41) is 12.8. The van der Waals surface area contributed by atoms with E-state index < -0.39 is 17.0 Å². The summed E-state index contributed by atoms with van der Waals surface area (Å²) in [7, 11) is 1.43. The number of esters is 2. The van der Waals surface area contributed by atoms with E-state index in [1.165, 1.54) is 13.2 Å². The van der Waals surface area contributed by atoms with Crippen molar-refractivity contribution >= 4 is 55.6 Å². The van der Waals surface area contributed by atoms with Crippen LogP contribution in [0.4, 0.5) is 5.69 Å². The molecule has 40 heavy (non-hydrogen) atoms. The van der Waals surface area contributed by atoms with Crippen molar-refractivity contribution in [1.82, 2.24) is 5.32 Å². The first-order valence-corrected chi connectivity index (χ1v) is 14.2. The highest BCUT2D eigenvalue weighted by Crippen LogP contribution is 2.30. The number of nitrogens with two attached hydrogens (primary N) is 1. The first-order valence-electron chi connectivity index (χ1n) is 12.7. The van der Waals surface area contributed by atoms with Crippen molar-refractivity contribution in [2.75, 3.05) is 19.5 Å². The van der Waals surface area contributed by atoms with Gasteiger partial charge in [-0.3, -0.25) is 4.79 Å². The van der Waals surface area contributed by atoms with Crippen molar-refractivity contribution in [3.05, 3.63) is 66.6 Å². The monoisotopic (exact) mass is 683 g/mol. The van der Waals surface area contributed by atoms with Gasteiger partial charge in [-0.05, 0) is 89.5 Å². The number of methoxy groups -OCH3 is 1. The van der Waals surface area contributed by atoms with Gasteiger partial charge in [0, 0.05) is 34.0 Å². The number of hydrogen-bond acceptors (Lipinski definition) is 10. The zero-order chi connectivity index (χ0) is 29.1. The van der Waals surface area contributed by atoms with Gasteiger partial charge in [0.15, 0.2) is 11.5 Å². The highest BCUT2D eigenvalue weighted by Gasteiger charge is 2.23. The van der Waals surface area contributed by atoms with E-state index in [4.69, 9.17) is 19.9 Å². The van der Waals surface area contributed by atoms with Gasteiger partial charge in [0.2, 0.25) is 0 Å². The zero-order valence-corrected chi connectivity index (χ0v) is 25.1. The molecule has 3 N–H and O–H groups in total. The first kappa shape index (κ1) is 31.4. The molecule has 0 atom stereocenters. The molecule has 0 aromatic heterocycles. The molecule has 0 saturated heterocycles. The number of benzene rings is 2. The van der Waals surface area contributed by atoms with Gasteiger partial charge < -0.3 is 30.1 Å². The van der Waals surface area contributed by atoms with E-state index in [1.54, 1.807) is 24.3 Å². The molecule has 1 aliphatic carbocycles. The SMILES string of the molecule is COc1cc(/C=C/C(=O)OC2CCC(NCc3cc(Br)cc(Br)c3N)CC2)ccc1OC(=O)CCCO[N+](=O)[O-]. The van der Waals surface area contributed by atoms with Crippen LogP contribution in [0.2, 0.25) is 0 Å². The van der Waals surface area contributed by atoms with Gasteiger partial charge in [-0.1, -0.05) is 22.0 Å². The maximum Gasteiger partial charge on any atom is 0.331 e. The molecule has 0 unspecified atom stereocenters. The van der Waals surface area contributed by atoms with Crippen LogP contribution in [0.25, 0.3) is 6.08 Å². The van der Waals surface area contributed by atoms with E-state index in [2.05, 4.69) is 42.0 Å². The van der Waals surface area contributed by atoms with Crippen LogP contribution in [0, 0.1) is 10.1 Å². The van der Waals surface area contributed by atoms with Crippen LogP contribution < -0.4 is 20.5 Å². The minimum Gasteiger partial charge on any atom is -0.493 e. The number of carbonyl (C=O) groups is 2. The number of hydrogen-bond donors (Lipinski definition) is 2. The van der Waals surface area contributed by atoms with Gasteiger partial charge in [-0.15, -0.1) is 10.1 Å². The van der Waals surface area contributed by atoms with Crippen molar-refractivity contribution in [2.45, 2.75) is 57.2 Å². The molecule has 1 saturated carbocycles. The Hall–Kier alpha value is -3.16. The second-order valence-electron chi connectivity index (χ2n) is 9.13. The van der Waals surface area contributed by atoms with E-state index in [0.29, 0.717) is 23.9 Å². The number of anilines is 1. The summed E-state index contributed by atoms with van der Waals surface area (Å²) >= 11 is 6.96. The molecule has 1 fully saturated rings. The van der Waals surface area contributed by atoms with E-state index >= 15 is 0 Å². The standard InChI is InChI=1S/C27H31Br2N3O8/c1-37-24-13-17(4-10-23(24)40-25(33)3-2-12-38-32(35)36)5-11-26(34)39-21-8-6-20(7-9-21)31-16-18-14-19(28)15-22(29)27(18)30/h4-5,10-11,13-15,20-21,31H,2-3,6-9,12,16,30H2,1H3/b11-5+. The highest BCUT2D eigenvalue weighted by atomic mass is 79.9. The van der Waals surface area contributed by atoms with Gasteiger partial charge in [0.1, 0.15) is 6.10 Å². The molecule has 0 aliphatic heterocycles. The van der Waals surface area contributed by atoms with Gasteiger partial charge in [0.05, 0.1) is 19.4 Å². The molecule has 2 aromatic rings. The average Bonchev–Trinajstić information content (AvgIpc) is 2.92. The molecule has 216 valence electrons. The number of nitrogens with one attached hydrogen (secondary N) is 1.